The Morgan fingerprint density at radius 3 is 2.85 bits per heavy atom. The molecule has 0 bridgehead atoms. The minimum atomic E-state index is -0.597. The highest BCUT2D eigenvalue weighted by Gasteiger charge is 2.22. The van der Waals surface area contributed by atoms with Crippen LogP contribution >= 0.6 is 0 Å². The van der Waals surface area contributed by atoms with E-state index >= 15 is 0 Å². The molecule has 2 rings (SSSR count). The predicted octanol–water partition coefficient (Wildman–Crippen LogP) is 3.53. The number of carbonyl (C=O) groups is 1. The highest BCUT2D eigenvalue weighted by Crippen LogP contribution is 2.27. The molecule has 4 nitrogen and oxygen atoms in total. The number of carbonyl (C=O) groups excluding carboxylic acids is 1. The summed E-state index contributed by atoms with van der Waals surface area (Å²) in [7, 11) is 1.27. The van der Waals surface area contributed by atoms with Gasteiger partial charge in [-0.05, 0) is 25.0 Å². The van der Waals surface area contributed by atoms with Crippen molar-refractivity contribution in [3.8, 4) is 11.5 Å². The molecule has 1 aromatic heterocycles. The maximum absolute atomic E-state index is 14.1. The third-order valence-electron chi connectivity index (χ3n) is 2.98. The van der Waals surface area contributed by atoms with E-state index in [0.717, 1.165) is 6.42 Å². The molecule has 0 amide bonds. The van der Waals surface area contributed by atoms with Crippen molar-refractivity contribution in [2.24, 2.45) is 0 Å². The van der Waals surface area contributed by atoms with E-state index in [0.29, 0.717) is 17.7 Å². The Hall–Kier alpha value is -2.17. The van der Waals surface area contributed by atoms with Crippen LogP contribution in [0.15, 0.2) is 22.6 Å². The predicted molar refractivity (Wildman–Crippen MR) is 72.0 cm³/mol. The Morgan fingerprint density at radius 1 is 1.45 bits per heavy atom. The molecule has 0 unspecified atom stereocenters. The topological polar surface area (TPSA) is 52.3 Å². The number of hydrogen-bond donors (Lipinski definition) is 0. The van der Waals surface area contributed by atoms with E-state index in [4.69, 9.17) is 4.42 Å². The van der Waals surface area contributed by atoms with Crippen molar-refractivity contribution >= 4 is 5.97 Å². The summed E-state index contributed by atoms with van der Waals surface area (Å²) in [6, 6.07) is 4.95. The van der Waals surface area contributed by atoms with Gasteiger partial charge in [0.25, 0.3) is 0 Å². The summed E-state index contributed by atoms with van der Waals surface area (Å²) in [6.45, 7) is 3.62. The zero-order chi connectivity index (χ0) is 14.7. The number of aryl methyl sites for hydroxylation is 2. The molecule has 0 saturated carbocycles. The van der Waals surface area contributed by atoms with Gasteiger partial charge in [0.1, 0.15) is 5.82 Å². The van der Waals surface area contributed by atoms with Gasteiger partial charge in [-0.15, -0.1) is 0 Å². The van der Waals surface area contributed by atoms with Crippen LogP contribution in [0.4, 0.5) is 4.39 Å². The van der Waals surface area contributed by atoms with Crippen LogP contribution in [0, 0.1) is 12.7 Å². The molecular weight excluding hydrogens is 261 g/mol. The summed E-state index contributed by atoms with van der Waals surface area (Å²) in [5, 5.41) is 0. The average Bonchev–Trinajstić information content (AvgIpc) is 2.85. The third-order valence-corrected chi connectivity index (χ3v) is 2.98. The highest BCUT2D eigenvalue weighted by molar-refractivity contribution is 5.88. The fraction of sp³-hybridized carbons (Fsp3) is 0.333. The number of benzene rings is 1. The maximum Gasteiger partial charge on any atom is 0.376 e. The Bertz CT molecular complexity index is 634. The fourth-order valence-electron chi connectivity index (χ4n) is 1.94. The fourth-order valence-corrected chi connectivity index (χ4v) is 1.94. The maximum atomic E-state index is 14.1. The van der Waals surface area contributed by atoms with Gasteiger partial charge in [0.05, 0.1) is 18.4 Å². The van der Waals surface area contributed by atoms with Crippen molar-refractivity contribution in [1.82, 2.24) is 4.98 Å². The van der Waals surface area contributed by atoms with E-state index in [1.165, 1.54) is 7.11 Å². The summed E-state index contributed by atoms with van der Waals surface area (Å²) >= 11 is 0. The standard InChI is InChI=1S/C15H16FNO3/c1-4-6-11-13(15(18)19-3)20-14(17-11)10-8-5-7-9(2)12(10)16/h5,7-8H,4,6H2,1-3H3. The number of oxazole rings is 1. The first-order chi connectivity index (χ1) is 9.58. The lowest BCUT2D eigenvalue weighted by Crippen LogP contribution is -2.03. The Balaban J connectivity index is 2.52. The molecule has 0 aliphatic heterocycles. The minimum absolute atomic E-state index is 0.0465. The number of methoxy groups -OCH3 is 1. The van der Waals surface area contributed by atoms with E-state index in [1.807, 2.05) is 6.92 Å². The van der Waals surface area contributed by atoms with Crippen molar-refractivity contribution in [2.75, 3.05) is 7.11 Å². The van der Waals surface area contributed by atoms with Crippen LogP contribution in [0.5, 0.6) is 0 Å². The summed E-state index contributed by atoms with van der Waals surface area (Å²) in [5.74, 6) is -0.839. The highest BCUT2D eigenvalue weighted by atomic mass is 19.1. The first kappa shape index (κ1) is 14.2. The first-order valence-electron chi connectivity index (χ1n) is 6.42. The SMILES string of the molecule is CCCc1nc(-c2cccc(C)c2F)oc1C(=O)OC. The van der Waals surface area contributed by atoms with Crippen molar-refractivity contribution in [1.29, 1.82) is 0 Å². The lowest BCUT2D eigenvalue weighted by molar-refractivity contribution is 0.0564. The van der Waals surface area contributed by atoms with Gasteiger partial charge in [0, 0.05) is 0 Å². The van der Waals surface area contributed by atoms with Gasteiger partial charge in [-0.2, -0.15) is 0 Å². The molecule has 106 valence electrons. The monoisotopic (exact) mass is 277 g/mol. The van der Waals surface area contributed by atoms with E-state index in [2.05, 4.69) is 9.72 Å². The zero-order valence-corrected chi connectivity index (χ0v) is 11.7. The van der Waals surface area contributed by atoms with Crippen LogP contribution in [0.2, 0.25) is 0 Å². The summed E-state index contributed by atoms with van der Waals surface area (Å²) in [4.78, 5) is 15.9. The molecule has 1 heterocycles. The summed E-state index contributed by atoms with van der Waals surface area (Å²) in [5.41, 5.74) is 1.24. The molecule has 1 aromatic carbocycles. The van der Waals surface area contributed by atoms with Crippen molar-refractivity contribution in [3.05, 3.63) is 41.0 Å². The van der Waals surface area contributed by atoms with E-state index in [1.54, 1.807) is 25.1 Å². The van der Waals surface area contributed by atoms with Crippen molar-refractivity contribution < 1.29 is 18.3 Å². The lowest BCUT2D eigenvalue weighted by atomic mass is 10.1. The largest absolute Gasteiger partial charge is 0.463 e. The smallest absolute Gasteiger partial charge is 0.376 e. The van der Waals surface area contributed by atoms with Crippen molar-refractivity contribution in [2.45, 2.75) is 26.7 Å². The Morgan fingerprint density at radius 2 is 2.20 bits per heavy atom. The lowest BCUT2D eigenvalue weighted by Gasteiger charge is -2.00. The van der Waals surface area contributed by atoms with Crippen LogP contribution in [-0.2, 0) is 11.2 Å². The van der Waals surface area contributed by atoms with Crippen LogP contribution in [0.25, 0.3) is 11.5 Å². The van der Waals surface area contributed by atoms with Crippen LogP contribution in [-0.4, -0.2) is 18.1 Å². The molecule has 20 heavy (non-hydrogen) atoms. The molecule has 0 radical (unpaired) electrons. The number of halogens is 1. The van der Waals surface area contributed by atoms with E-state index < -0.39 is 11.8 Å². The molecule has 0 aliphatic rings. The Kier molecular flexibility index (Phi) is 4.17. The second-order valence-electron chi connectivity index (χ2n) is 4.47. The molecule has 0 atom stereocenters. The van der Waals surface area contributed by atoms with Gasteiger partial charge >= 0.3 is 5.97 Å². The van der Waals surface area contributed by atoms with Gasteiger partial charge in [0.2, 0.25) is 11.7 Å². The molecule has 0 aliphatic carbocycles. The number of hydrogen-bond acceptors (Lipinski definition) is 4. The number of ether oxygens (including phenoxy) is 1. The molecule has 2 aromatic rings. The normalized spacial score (nSPS) is 10.6. The van der Waals surface area contributed by atoms with Crippen molar-refractivity contribution in [3.63, 3.8) is 0 Å². The van der Waals surface area contributed by atoms with Gasteiger partial charge in [0.15, 0.2) is 0 Å². The molecular formula is C15H16FNO3. The van der Waals surface area contributed by atoms with Gasteiger partial charge < -0.3 is 9.15 Å². The number of rotatable bonds is 4. The molecule has 0 N–H and O–H groups in total. The average molecular weight is 277 g/mol. The van der Waals surface area contributed by atoms with Crippen LogP contribution < -0.4 is 0 Å². The quantitative estimate of drug-likeness (QED) is 0.802. The van der Waals surface area contributed by atoms with Crippen LogP contribution in [0.3, 0.4) is 0 Å². The molecule has 0 saturated heterocycles. The minimum Gasteiger partial charge on any atom is -0.463 e. The number of aromatic nitrogens is 1. The zero-order valence-electron chi connectivity index (χ0n) is 11.7. The Labute approximate surface area is 116 Å². The van der Waals surface area contributed by atoms with E-state index in [-0.39, 0.29) is 17.2 Å². The van der Waals surface area contributed by atoms with Gasteiger partial charge in [-0.25, -0.2) is 14.2 Å². The summed E-state index contributed by atoms with van der Waals surface area (Å²) < 4.78 is 24.2. The number of nitrogens with zero attached hydrogens (tertiary/aromatic N) is 1. The molecule has 5 heteroatoms. The first-order valence-corrected chi connectivity index (χ1v) is 6.42. The second kappa shape index (κ2) is 5.86. The van der Waals surface area contributed by atoms with Gasteiger partial charge in [-0.3, -0.25) is 0 Å². The van der Waals surface area contributed by atoms with Gasteiger partial charge in [-0.1, -0.05) is 25.5 Å². The second-order valence-corrected chi connectivity index (χ2v) is 4.47. The molecule has 0 fully saturated rings. The third kappa shape index (κ3) is 2.57. The molecule has 0 spiro atoms. The van der Waals surface area contributed by atoms with E-state index in [9.17, 15) is 9.18 Å². The number of esters is 1. The summed E-state index contributed by atoms with van der Waals surface area (Å²) in [6.07, 6.45) is 1.37. The van der Waals surface area contributed by atoms with Crippen LogP contribution in [0.1, 0.15) is 35.2 Å².